The van der Waals surface area contributed by atoms with Crippen molar-refractivity contribution in [1.29, 1.82) is 0 Å². The second kappa shape index (κ2) is 7.74. The molecule has 0 aliphatic rings. The summed E-state index contributed by atoms with van der Waals surface area (Å²) in [7, 11) is 1.62. The Morgan fingerprint density at radius 3 is 2.50 bits per heavy atom. The maximum absolute atomic E-state index is 12.0. The zero-order chi connectivity index (χ0) is 16.8. The highest BCUT2D eigenvalue weighted by molar-refractivity contribution is 5.82. The average molecular weight is 309 g/mol. The minimum atomic E-state index is -0.910. The number of nitrogens with one attached hydrogen (secondary N) is 1. The molecule has 0 aliphatic heterocycles. The molecule has 0 aromatic heterocycles. The summed E-state index contributed by atoms with van der Waals surface area (Å²) >= 11 is 0. The normalized spacial score (nSPS) is 11.1. The third kappa shape index (κ3) is 4.70. The van der Waals surface area contributed by atoms with Crippen molar-refractivity contribution >= 4 is 17.3 Å². The van der Waals surface area contributed by atoms with Gasteiger partial charge in [0.15, 0.2) is 0 Å². The molecule has 1 rings (SSSR count). The van der Waals surface area contributed by atoms with Crippen molar-refractivity contribution in [1.82, 2.24) is 5.32 Å². The maximum Gasteiger partial charge on any atom is 0.292 e. The summed E-state index contributed by atoms with van der Waals surface area (Å²) in [4.78, 5) is 24.0. The van der Waals surface area contributed by atoms with E-state index in [9.17, 15) is 20.0 Å². The number of rotatable bonds is 8. The van der Waals surface area contributed by atoms with E-state index in [1.54, 1.807) is 25.2 Å². The van der Waals surface area contributed by atoms with E-state index in [0.29, 0.717) is 18.5 Å². The number of carbonyl (C=O) groups excluding carboxylic acids is 1. The smallest absolute Gasteiger partial charge is 0.292 e. The second-order valence-corrected chi connectivity index (χ2v) is 5.31. The summed E-state index contributed by atoms with van der Waals surface area (Å²) in [6.07, 6.45) is 1.09. The Morgan fingerprint density at radius 2 is 1.95 bits per heavy atom. The molecular formula is C15H23N3O4. The Bertz CT molecular complexity index is 529. The molecule has 0 spiro atoms. The lowest BCUT2D eigenvalue weighted by molar-refractivity contribution is -0.384. The number of nitro groups is 1. The van der Waals surface area contributed by atoms with Crippen LogP contribution in [0.1, 0.15) is 26.7 Å². The highest BCUT2D eigenvalue weighted by Crippen LogP contribution is 2.26. The van der Waals surface area contributed by atoms with Crippen LogP contribution < -0.4 is 10.2 Å². The van der Waals surface area contributed by atoms with E-state index in [4.69, 9.17) is 0 Å². The van der Waals surface area contributed by atoms with Crippen LogP contribution >= 0.6 is 0 Å². The van der Waals surface area contributed by atoms with Crippen molar-refractivity contribution in [2.75, 3.05) is 25.0 Å². The minimum absolute atomic E-state index is 0.0195. The number of amides is 1. The number of nitro benzene ring substituents is 1. The topological polar surface area (TPSA) is 95.7 Å². The van der Waals surface area contributed by atoms with Gasteiger partial charge in [-0.1, -0.05) is 26.0 Å². The van der Waals surface area contributed by atoms with E-state index in [1.165, 1.54) is 11.0 Å². The molecule has 22 heavy (non-hydrogen) atoms. The standard InChI is InChI=1S/C15H23N3O4/c1-4-15(20,5-2)11-16-14(19)10-17(3)12-8-6-7-9-13(12)18(21)22/h6-9,20H,4-5,10-11H2,1-3H3,(H,16,19). The molecule has 0 fully saturated rings. The highest BCUT2D eigenvalue weighted by atomic mass is 16.6. The zero-order valence-electron chi connectivity index (χ0n) is 13.2. The average Bonchev–Trinajstić information content (AvgIpc) is 2.52. The largest absolute Gasteiger partial charge is 0.388 e. The van der Waals surface area contributed by atoms with Crippen LogP contribution in [0.4, 0.5) is 11.4 Å². The molecular weight excluding hydrogens is 286 g/mol. The number of nitrogens with zero attached hydrogens (tertiary/aromatic N) is 2. The van der Waals surface area contributed by atoms with Crippen LogP contribution in [0.3, 0.4) is 0 Å². The third-order valence-corrected chi connectivity index (χ3v) is 3.80. The molecule has 1 amide bonds. The molecule has 7 nitrogen and oxygen atoms in total. The van der Waals surface area contributed by atoms with Crippen molar-refractivity contribution in [3.05, 3.63) is 34.4 Å². The molecule has 1 aromatic carbocycles. The Hall–Kier alpha value is -2.15. The molecule has 122 valence electrons. The number of benzene rings is 1. The van der Waals surface area contributed by atoms with Crippen LogP contribution in [0.25, 0.3) is 0 Å². The van der Waals surface area contributed by atoms with Crippen LogP contribution in [0, 0.1) is 10.1 Å². The number of carbonyl (C=O) groups is 1. The minimum Gasteiger partial charge on any atom is -0.388 e. The summed E-state index contributed by atoms with van der Waals surface area (Å²) in [5.41, 5.74) is -0.576. The summed E-state index contributed by atoms with van der Waals surface area (Å²) in [6.45, 7) is 3.86. The lowest BCUT2D eigenvalue weighted by atomic mass is 9.98. The first-order valence-electron chi connectivity index (χ1n) is 7.26. The van der Waals surface area contributed by atoms with Gasteiger partial charge in [-0.05, 0) is 18.9 Å². The molecule has 7 heteroatoms. The fourth-order valence-electron chi connectivity index (χ4n) is 2.06. The van der Waals surface area contributed by atoms with Crippen molar-refractivity contribution in [2.24, 2.45) is 0 Å². The lowest BCUT2D eigenvalue weighted by Gasteiger charge is -2.26. The van der Waals surface area contributed by atoms with Gasteiger partial charge in [-0.25, -0.2) is 0 Å². The van der Waals surface area contributed by atoms with Crippen LogP contribution in [0.15, 0.2) is 24.3 Å². The predicted molar refractivity (Wildman–Crippen MR) is 84.9 cm³/mol. The van der Waals surface area contributed by atoms with Crippen molar-refractivity contribution < 1.29 is 14.8 Å². The van der Waals surface area contributed by atoms with Crippen LogP contribution in [0.2, 0.25) is 0 Å². The van der Waals surface area contributed by atoms with E-state index in [2.05, 4.69) is 5.32 Å². The number of hydrogen-bond donors (Lipinski definition) is 2. The molecule has 0 radical (unpaired) electrons. The molecule has 0 unspecified atom stereocenters. The summed E-state index contributed by atoms with van der Waals surface area (Å²) in [5, 5.41) is 23.8. The van der Waals surface area contributed by atoms with E-state index in [0.717, 1.165) is 0 Å². The van der Waals surface area contributed by atoms with Crippen molar-refractivity contribution in [3.63, 3.8) is 0 Å². The lowest BCUT2D eigenvalue weighted by Crippen LogP contribution is -2.45. The molecule has 0 saturated heterocycles. The summed E-state index contributed by atoms with van der Waals surface area (Å²) in [6, 6.07) is 6.26. The van der Waals surface area contributed by atoms with E-state index >= 15 is 0 Å². The van der Waals surface area contributed by atoms with Crippen LogP contribution in [0.5, 0.6) is 0 Å². The van der Waals surface area contributed by atoms with Gasteiger partial charge in [0.25, 0.3) is 5.69 Å². The van der Waals surface area contributed by atoms with Gasteiger partial charge in [-0.3, -0.25) is 14.9 Å². The number of hydrogen-bond acceptors (Lipinski definition) is 5. The SMILES string of the molecule is CCC(O)(CC)CNC(=O)CN(C)c1ccccc1[N+](=O)[O-]. The van der Waals surface area contributed by atoms with Gasteiger partial charge < -0.3 is 15.3 Å². The molecule has 1 aromatic rings. The van der Waals surface area contributed by atoms with Gasteiger partial charge in [-0.15, -0.1) is 0 Å². The number of anilines is 1. The first kappa shape index (κ1) is 17.9. The van der Waals surface area contributed by atoms with Gasteiger partial charge in [0.2, 0.25) is 5.91 Å². The molecule has 0 aliphatic carbocycles. The Morgan fingerprint density at radius 1 is 1.36 bits per heavy atom. The van der Waals surface area contributed by atoms with Gasteiger partial charge in [0, 0.05) is 19.7 Å². The van der Waals surface area contributed by atoms with Gasteiger partial charge in [-0.2, -0.15) is 0 Å². The van der Waals surface area contributed by atoms with Crippen LogP contribution in [-0.2, 0) is 4.79 Å². The number of aliphatic hydroxyl groups is 1. The molecule has 0 atom stereocenters. The van der Waals surface area contributed by atoms with Crippen LogP contribution in [-0.4, -0.2) is 41.7 Å². The molecule has 0 bridgehead atoms. The quantitative estimate of drug-likeness (QED) is 0.563. The molecule has 0 heterocycles. The Kier molecular flexibility index (Phi) is 6.30. The number of para-hydroxylation sites is 2. The summed E-state index contributed by atoms with van der Waals surface area (Å²) in [5.74, 6) is -0.291. The monoisotopic (exact) mass is 309 g/mol. The Balaban J connectivity index is 2.67. The second-order valence-electron chi connectivity index (χ2n) is 5.31. The molecule has 0 saturated carbocycles. The fourth-order valence-corrected chi connectivity index (χ4v) is 2.06. The first-order chi connectivity index (χ1) is 10.3. The summed E-state index contributed by atoms with van der Waals surface area (Å²) < 4.78 is 0. The van der Waals surface area contributed by atoms with Gasteiger partial charge in [0.1, 0.15) is 5.69 Å². The number of likely N-dealkylation sites (N-methyl/N-ethyl adjacent to an activating group) is 1. The van der Waals surface area contributed by atoms with E-state index in [-0.39, 0.29) is 24.7 Å². The first-order valence-corrected chi connectivity index (χ1v) is 7.26. The van der Waals surface area contributed by atoms with Crippen molar-refractivity contribution in [2.45, 2.75) is 32.3 Å². The fraction of sp³-hybridized carbons (Fsp3) is 0.533. The van der Waals surface area contributed by atoms with Gasteiger partial charge in [0.05, 0.1) is 17.1 Å². The predicted octanol–water partition coefficient (Wildman–Crippen LogP) is 1.70. The zero-order valence-corrected chi connectivity index (χ0v) is 13.2. The molecule has 2 N–H and O–H groups in total. The van der Waals surface area contributed by atoms with Crippen molar-refractivity contribution in [3.8, 4) is 0 Å². The maximum atomic E-state index is 12.0. The Labute approximate surface area is 130 Å². The highest BCUT2D eigenvalue weighted by Gasteiger charge is 2.23. The van der Waals surface area contributed by atoms with E-state index in [1.807, 2.05) is 13.8 Å². The van der Waals surface area contributed by atoms with Gasteiger partial charge >= 0.3 is 0 Å². The third-order valence-electron chi connectivity index (χ3n) is 3.80. The van der Waals surface area contributed by atoms with E-state index < -0.39 is 10.5 Å².